The van der Waals surface area contributed by atoms with Crippen molar-refractivity contribution in [3.05, 3.63) is 59.9 Å². The Hall–Kier alpha value is -3.88. The number of halogens is 6. The van der Waals surface area contributed by atoms with Crippen LogP contribution in [0.4, 0.5) is 26.3 Å². The van der Waals surface area contributed by atoms with Crippen LogP contribution in [0.25, 0.3) is 0 Å². The van der Waals surface area contributed by atoms with Crippen molar-refractivity contribution in [1.82, 2.24) is 14.8 Å². The molecule has 2 N–H and O–H groups in total. The Morgan fingerprint density at radius 2 is 1.32 bits per heavy atom. The van der Waals surface area contributed by atoms with E-state index in [1.165, 1.54) is 11.1 Å². The summed E-state index contributed by atoms with van der Waals surface area (Å²) in [4.78, 5) is 39.1. The number of amides is 1. The number of likely N-dealkylation sites (tertiary alicyclic amines) is 2. The van der Waals surface area contributed by atoms with Crippen molar-refractivity contribution in [2.45, 2.75) is 56.7 Å². The molecule has 1 aromatic heterocycles. The van der Waals surface area contributed by atoms with Gasteiger partial charge in [-0.2, -0.15) is 26.3 Å². The molecule has 3 heterocycles. The lowest BCUT2D eigenvalue weighted by Crippen LogP contribution is -2.52. The molecule has 15 heteroatoms. The first-order valence-electron chi connectivity index (χ1n) is 12.2. The second-order valence-electron chi connectivity index (χ2n) is 9.29. The van der Waals surface area contributed by atoms with Gasteiger partial charge in [-0.3, -0.25) is 14.7 Å². The quantitative estimate of drug-likeness (QED) is 0.486. The normalized spacial score (nSPS) is 16.8. The van der Waals surface area contributed by atoms with Crippen molar-refractivity contribution in [2.24, 2.45) is 0 Å². The Balaban J connectivity index is 0.000000349. The molecule has 1 amide bonds. The Bertz CT molecular complexity index is 1130. The minimum atomic E-state index is -5.08. The predicted molar refractivity (Wildman–Crippen MR) is 132 cm³/mol. The molecule has 9 nitrogen and oxygen atoms in total. The maximum atomic E-state index is 12.6. The van der Waals surface area contributed by atoms with Gasteiger partial charge in [-0.1, -0.05) is 12.1 Å². The number of benzene rings is 1. The highest BCUT2D eigenvalue weighted by Gasteiger charge is 2.46. The van der Waals surface area contributed by atoms with Crippen LogP contribution >= 0.6 is 0 Å². The van der Waals surface area contributed by atoms with Crippen molar-refractivity contribution < 1.29 is 55.7 Å². The lowest BCUT2D eigenvalue weighted by Gasteiger charge is -2.45. The molecule has 0 bridgehead atoms. The summed E-state index contributed by atoms with van der Waals surface area (Å²) in [5.41, 5.74) is 2.51. The highest BCUT2D eigenvalue weighted by Crippen LogP contribution is 2.40. The van der Waals surface area contributed by atoms with Crippen molar-refractivity contribution in [2.75, 3.05) is 20.2 Å². The van der Waals surface area contributed by atoms with Gasteiger partial charge in [0.05, 0.1) is 7.11 Å². The third-order valence-corrected chi connectivity index (χ3v) is 6.60. The SMILES string of the molecule is COc1ccc(CN2CCC3(CCC(=O)N3Cc3ccncc3)CC2)cc1.O=C(O)C(F)(F)F.O=C(O)C(F)(F)F. The van der Waals surface area contributed by atoms with Crippen molar-refractivity contribution in [1.29, 1.82) is 0 Å². The van der Waals surface area contributed by atoms with E-state index in [0.717, 1.165) is 44.6 Å². The van der Waals surface area contributed by atoms with Crippen molar-refractivity contribution >= 4 is 17.8 Å². The van der Waals surface area contributed by atoms with E-state index in [2.05, 4.69) is 26.9 Å². The van der Waals surface area contributed by atoms with Gasteiger partial charge >= 0.3 is 24.3 Å². The standard InChI is InChI=1S/C22H27N3O2.2C2HF3O2/c1-27-20-4-2-18(3-5-20)16-24-14-10-22(11-15-24)9-6-21(26)25(22)17-19-7-12-23-13-8-19;2*3-2(4,5)1(6)7/h2-5,7-8,12-13H,6,9-11,14-17H2,1H3;2*(H,6,7). The smallest absolute Gasteiger partial charge is 0.490 e. The molecule has 0 radical (unpaired) electrons. The van der Waals surface area contributed by atoms with E-state index in [1.54, 1.807) is 19.5 Å². The van der Waals surface area contributed by atoms with Crippen LogP contribution in [0.2, 0.25) is 0 Å². The first-order valence-corrected chi connectivity index (χ1v) is 12.2. The number of aliphatic carboxylic acids is 2. The average Bonchev–Trinajstić information content (AvgIpc) is 3.20. The summed E-state index contributed by atoms with van der Waals surface area (Å²) in [5.74, 6) is -4.32. The molecule has 1 aromatic carbocycles. The van der Waals surface area contributed by atoms with Gasteiger partial charge in [0, 0.05) is 50.5 Å². The number of rotatable bonds is 5. The van der Waals surface area contributed by atoms with Gasteiger partial charge in [-0.05, 0) is 54.7 Å². The van der Waals surface area contributed by atoms with Crippen LogP contribution in [0.5, 0.6) is 5.75 Å². The highest BCUT2D eigenvalue weighted by molar-refractivity contribution is 5.79. The fourth-order valence-electron chi connectivity index (χ4n) is 4.44. The zero-order chi connectivity index (χ0) is 30.8. The number of carboxylic acids is 2. The summed E-state index contributed by atoms with van der Waals surface area (Å²) in [5, 5.41) is 14.2. The maximum Gasteiger partial charge on any atom is 0.490 e. The van der Waals surface area contributed by atoms with E-state index in [9.17, 15) is 31.1 Å². The Kier molecular flexibility index (Phi) is 11.5. The lowest BCUT2D eigenvalue weighted by molar-refractivity contribution is -0.193. The average molecular weight is 594 g/mol. The number of methoxy groups -OCH3 is 1. The number of alkyl halides is 6. The van der Waals surface area contributed by atoms with Crippen LogP contribution in [-0.2, 0) is 27.5 Å². The highest BCUT2D eigenvalue weighted by atomic mass is 19.4. The first kappa shape index (κ1) is 33.3. The summed E-state index contributed by atoms with van der Waals surface area (Å²) >= 11 is 0. The molecule has 2 aliphatic rings. The van der Waals surface area contributed by atoms with E-state index >= 15 is 0 Å². The van der Waals surface area contributed by atoms with E-state index in [1.807, 2.05) is 24.3 Å². The van der Waals surface area contributed by atoms with E-state index < -0.39 is 24.3 Å². The summed E-state index contributed by atoms with van der Waals surface area (Å²) in [6, 6.07) is 12.3. The number of hydrogen-bond donors (Lipinski definition) is 2. The van der Waals surface area contributed by atoms with Crippen LogP contribution in [-0.4, -0.2) is 80.9 Å². The summed E-state index contributed by atoms with van der Waals surface area (Å²) in [7, 11) is 1.69. The summed E-state index contributed by atoms with van der Waals surface area (Å²) in [6.07, 6.45) is -2.77. The topological polar surface area (TPSA) is 120 Å². The van der Waals surface area contributed by atoms with Crippen LogP contribution in [0.1, 0.15) is 36.8 Å². The fraction of sp³-hybridized carbons (Fsp3) is 0.462. The van der Waals surface area contributed by atoms with Gasteiger partial charge in [0.25, 0.3) is 0 Å². The molecule has 0 aliphatic carbocycles. The number of carbonyl (C=O) groups excluding carboxylic acids is 1. The van der Waals surface area contributed by atoms with Gasteiger partial charge in [0.1, 0.15) is 5.75 Å². The van der Waals surface area contributed by atoms with Crippen LogP contribution < -0.4 is 4.74 Å². The van der Waals surface area contributed by atoms with Gasteiger partial charge in [0.2, 0.25) is 5.91 Å². The molecule has 2 saturated heterocycles. The van der Waals surface area contributed by atoms with Gasteiger partial charge in [-0.25, -0.2) is 9.59 Å². The number of piperidine rings is 1. The minimum Gasteiger partial charge on any atom is -0.497 e. The molecule has 1 spiro atoms. The fourth-order valence-corrected chi connectivity index (χ4v) is 4.44. The number of hydrogen-bond acceptors (Lipinski definition) is 6. The Morgan fingerprint density at radius 3 is 1.76 bits per heavy atom. The largest absolute Gasteiger partial charge is 0.497 e. The number of carboxylic acid groups (broad SMARTS) is 2. The lowest BCUT2D eigenvalue weighted by atomic mass is 9.84. The van der Waals surface area contributed by atoms with E-state index in [4.69, 9.17) is 24.5 Å². The second-order valence-corrected chi connectivity index (χ2v) is 9.29. The molecule has 0 unspecified atom stereocenters. The van der Waals surface area contributed by atoms with Gasteiger partial charge in [0.15, 0.2) is 0 Å². The molecular formula is C26H29F6N3O6. The molecule has 0 saturated carbocycles. The number of aromatic nitrogens is 1. The molecule has 2 aromatic rings. The van der Waals surface area contributed by atoms with Gasteiger partial charge < -0.3 is 19.8 Å². The Labute approximate surface area is 231 Å². The molecule has 4 rings (SSSR count). The van der Waals surface area contributed by atoms with E-state index in [0.29, 0.717) is 18.9 Å². The van der Waals surface area contributed by atoms with E-state index in [-0.39, 0.29) is 5.54 Å². The van der Waals surface area contributed by atoms with Crippen molar-refractivity contribution in [3.63, 3.8) is 0 Å². The summed E-state index contributed by atoms with van der Waals surface area (Å²) in [6.45, 7) is 3.73. The Morgan fingerprint density at radius 1 is 0.854 bits per heavy atom. The zero-order valence-corrected chi connectivity index (χ0v) is 21.9. The van der Waals surface area contributed by atoms with Gasteiger partial charge in [-0.15, -0.1) is 0 Å². The molecule has 2 fully saturated rings. The monoisotopic (exact) mass is 593 g/mol. The van der Waals surface area contributed by atoms with Crippen LogP contribution in [0, 0.1) is 0 Å². The number of nitrogens with zero attached hydrogens (tertiary/aromatic N) is 3. The first-order chi connectivity index (χ1) is 19.1. The molecule has 226 valence electrons. The number of pyridine rings is 1. The molecule has 2 aliphatic heterocycles. The number of carbonyl (C=O) groups is 3. The van der Waals surface area contributed by atoms with Crippen molar-refractivity contribution in [3.8, 4) is 5.75 Å². The minimum absolute atomic E-state index is 0.0385. The third kappa shape index (κ3) is 10.2. The maximum absolute atomic E-state index is 12.6. The molecule has 0 atom stereocenters. The van der Waals surface area contributed by atoms with Crippen LogP contribution in [0.3, 0.4) is 0 Å². The van der Waals surface area contributed by atoms with Crippen LogP contribution in [0.15, 0.2) is 48.8 Å². The second kappa shape index (κ2) is 14.1. The molecular weight excluding hydrogens is 564 g/mol. The summed E-state index contributed by atoms with van der Waals surface area (Å²) < 4.78 is 68.7. The zero-order valence-electron chi connectivity index (χ0n) is 21.9. The third-order valence-electron chi connectivity index (χ3n) is 6.60. The predicted octanol–water partition coefficient (Wildman–Crippen LogP) is 4.51. The molecule has 41 heavy (non-hydrogen) atoms. The number of ether oxygens (including phenoxy) is 1.